The first-order chi connectivity index (χ1) is 14.6. The van der Waals surface area contributed by atoms with Gasteiger partial charge in [0.1, 0.15) is 12.4 Å². The number of piperidine rings is 1. The summed E-state index contributed by atoms with van der Waals surface area (Å²) in [5.74, 6) is 0.436. The summed E-state index contributed by atoms with van der Waals surface area (Å²) in [6.45, 7) is 6.25. The number of benzene rings is 1. The fourth-order valence-electron chi connectivity index (χ4n) is 3.99. The number of carbonyl (C=O) groups excluding carboxylic acids is 1. The van der Waals surface area contributed by atoms with Crippen LogP contribution in [0.3, 0.4) is 0 Å². The first kappa shape index (κ1) is 20.3. The number of likely N-dealkylation sites (tertiary alicyclic amines) is 1. The molecule has 1 amide bonds. The molecule has 1 saturated heterocycles. The largest absolute Gasteiger partial charge is 0.420 e. The molecule has 2 aromatic heterocycles. The average molecular weight is 410 g/mol. The molecule has 0 N–H and O–H groups in total. The van der Waals surface area contributed by atoms with Crippen LogP contribution in [-0.4, -0.2) is 45.0 Å². The van der Waals surface area contributed by atoms with E-state index in [4.69, 9.17) is 9.15 Å². The summed E-state index contributed by atoms with van der Waals surface area (Å²) >= 11 is 0. The van der Waals surface area contributed by atoms with Gasteiger partial charge in [0, 0.05) is 37.4 Å². The molecule has 1 fully saturated rings. The number of hydrogen-bond donors (Lipinski definition) is 0. The van der Waals surface area contributed by atoms with E-state index in [1.807, 2.05) is 31.0 Å². The highest BCUT2D eigenvalue weighted by Crippen LogP contribution is 2.29. The minimum absolute atomic E-state index is 0.0112. The molecule has 8 heteroatoms. The molecule has 0 unspecified atom stereocenters. The molecule has 0 spiro atoms. The lowest BCUT2D eigenvalue weighted by Gasteiger charge is -2.32. The third kappa shape index (κ3) is 4.14. The van der Waals surface area contributed by atoms with Crippen molar-refractivity contribution in [3.63, 3.8) is 0 Å². The molecule has 0 saturated carbocycles. The van der Waals surface area contributed by atoms with Crippen LogP contribution in [-0.2, 0) is 22.7 Å². The third-order valence-electron chi connectivity index (χ3n) is 5.58. The monoisotopic (exact) mass is 410 g/mol. The van der Waals surface area contributed by atoms with E-state index in [0.717, 1.165) is 29.9 Å². The van der Waals surface area contributed by atoms with Crippen LogP contribution in [0, 0.1) is 6.92 Å². The van der Waals surface area contributed by atoms with Crippen molar-refractivity contribution in [3.05, 3.63) is 58.1 Å². The van der Waals surface area contributed by atoms with Crippen molar-refractivity contribution >= 4 is 17.0 Å². The first-order valence-electron chi connectivity index (χ1n) is 10.3. The van der Waals surface area contributed by atoms with Crippen LogP contribution in [0.5, 0.6) is 0 Å². The molecule has 3 heterocycles. The summed E-state index contributed by atoms with van der Waals surface area (Å²) in [6.07, 6.45) is 3.49. The van der Waals surface area contributed by atoms with Gasteiger partial charge in [-0.3, -0.25) is 9.36 Å². The second-order valence-electron chi connectivity index (χ2n) is 7.54. The molecule has 0 bridgehead atoms. The number of para-hydroxylation sites is 2. The van der Waals surface area contributed by atoms with Gasteiger partial charge in [-0.2, -0.15) is 0 Å². The van der Waals surface area contributed by atoms with E-state index in [0.29, 0.717) is 37.4 Å². The van der Waals surface area contributed by atoms with E-state index in [1.54, 1.807) is 18.2 Å². The summed E-state index contributed by atoms with van der Waals surface area (Å²) < 4.78 is 12.2. The number of fused-ring (bicyclic) bond motifs is 1. The lowest BCUT2D eigenvalue weighted by Crippen LogP contribution is -2.41. The number of aryl methyl sites for hydroxylation is 1. The Morgan fingerprint density at radius 3 is 2.80 bits per heavy atom. The molecular formula is C22H26N4O4. The minimum Gasteiger partial charge on any atom is -0.408 e. The maximum Gasteiger partial charge on any atom is 0.420 e. The zero-order valence-electron chi connectivity index (χ0n) is 17.3. The summed E-state index contributed by atoms with van der Waals surface area (Å²) in [4.78, 5) is 35.8. The highest BCUT2D eigenvalue weighted by molar-refractivity contribution is 5.79. The summed E-state index contributed by atoms with van der Waals surface area (Å²) in [5, 5.41) is 0. The second kappa shape index (κ2) is 8.79. The molecule has 0 radical (unpaired) electrons. The molecule has 158 valence electrons. The number of hydrogen-bond acceptors (Lipinski definition) is 6. The number of nitrogens with zero attached hydrogens (tertiary/aromatic N) is 4. The molecule has 4 rings (SSSR count). The normalized spacial score (nSPS) is 15.1. The third-order valence-corrected chi connectivity index (χ3v) is 5.58. The van der Waals surface area contributed by atoms with Gasteiger partial charge < -0.3 is 14.1 Å². The minimum atomic E-state index is -0.503. The van der Waals surface area contributed by atoms with Gasteiger partial charge in [-0.15, -0.1) is 0 Å². The van der Waals surface area contributed by atoms with Crippen molar-refractivity contribution in [2.45, 2.75) is 45.8 Å². The summed E-state index contributed by atoms with van der Waals surface area (Å²) in [7, 11) is 0. The van der Waals surface area contributed by atoms with E-state index < -0.39 is 5.76 Å². The van der Waals surface area contributed by atoms with Crippen molar-refractivity contribution < 1.29 is 13.9 Å². The Labute approximate surface area is 174 Å². The Balaban J connectivity index is 1.43. The molecule has 0 aliphatic carbocycles. The van der Waals surface area contributed by atoms with Crippen LogP contribution in [0.2, 0.25) is 0 Å². The van der Waals surface area contributed by atoms with Gasteiger partial charge in [0.25, 0.3) is 0 Å². The van der Waals surface area contributed by atoms with Crippen LogP contribution in [0.4, 0.5) is 0 Å². The quantitative estimate of drug-likeness (QED) is 0.621. The molecule has 0 atom stereocenters. The Kier molecular flexibility index (Phi) is 5.94. The van der Waals surface area contributed by atoms with E-state index in [-0.39, 0.29) is 18.4 Å². The zero-order valence-corrected chi connectivity index (χ0v) is 17.3. The van der Waals surface area contributed by atoms with Crippen LogP contribution < -0.4 is 5.76 Å². The summed E-state index contributed by atoms with van der Waals surface area (Å²) in [5.41, 5.74) is 3.18. The highest BCUT2D eigenvalue weighted by Gasteiger charge is 2.27. The van der Waals surface area contributed by atoms with E-state index in [1.165, 1.54) is 4.57 Å². The molecule has 1 aliphatic rings. The van der Waals surface area contributed by atoms with Gasteiger partial charge in [0.15, 0.2) is 5.58 Å². The molecule has 8 nitrogen and oxygen atoms in total. The molecule has 3 aromatic rings. The second-order valence-corrected chi connectivity index (χ2v) is 7.54. The van der Waals surface area contributed by atoms with Crippen molar-refractivity contribution in [2.75, 3.05) is 19.7 Å². The van der Waals surface area contributed by atoms with Gasteiger partial charge in [-0.1, -0.05) is 12.1 Å². The molecule has 1 aliphatic heterocycles. The topological polar surface area (TPSA) is 90.5 Å². The van der Waals surface area contributed by atoms with Gasteiger partial charge in [0.2, 0.25) is 5.91 Å². The molecule has 30 heavy (non-hydrogen) atoms. The van der Waals surface area contributed by atoms with E-state index >= 15 is 0 Å². The van der Waals surface area contributed by atoms with Crippen molar-refractivity contribution in [3.8, 4) is 0 Å². The smallest absolute Gasteiger partial charge is 0.408 e. The predicted molar refractivity (Wildman–Crippen MR) is 111 cm³/mol. The van der Waals surface area contributed by atoms with Crippen molar-refractivity contribution in [1.29, 1.82) is 0 Å². The van der Waals surface area contributed by atoms with Crippen LogP contribution in [0.1, 0.15) is 42.8 Å². The highest BCUT2D eigenvalue weighted by atomic mass is 16.5. The van der Waals surface area contributed by atoms with E-state index in [9.17, 15) is 9.59 Å². The maximum atomic E-state index is 12.8. The van der Waals surface area contributed by atoms with Gasteiger partial charge >= 0.3 is 5.76 Å². The van der Waals surface area contributed by atoms with Crippen LogP contribution in [0.15, 0.2) is 39.7 Å². The van der Waals surface area contributed by atoms with Gasteiger partial charge in [-0.25, -0.2) is 14.8 Å². The van der Waals surface area contributed by atoms with Crippen LogP contribution in [0.25, 0.3) is 11.1 Å². The average Bonchev–Trinajstić information content (AvgIpc) is 3.08. The fourth-order valence-corrected chi connectivity index (χ4v) is 3.99. The number of amides is 1. The van der Waals surface area contributed by atoms with Gasteiger partial charge in [0.05, 0.1) is 17.8 Å². The number of ether oxygens (including phenoxy) is 1. The molecule has 1 aromatic carbocycles. The van der Waals surface area contributed by atoms with E-state index in [2.05, 4.69) is 9.97 Å². The number of carbonyl (C=O) groups is 1. The van der Waals surface area contributed by atoms with Crippen LogP contribution >= 0.6 is 0 Å². The van der Waals surface area contributed by atoms with Crippen molar-refractivity contribution in [2.24, 2.45) is 0 Å². The van der Waals surface area contributed by atoms with Crippen molar-refractivity contribution in [1.82, 2.24) is 19.4 Å². The maximum absolute atomic E-state index is 12.8. The first-order valence-corrected chi connectivity index (χ1v) is 10.3. The Bertz CT molecular complexity index is 1100. The number of oxazole rings is 1. The standard InChI is InChI=1S/C22H26N4O4/c1-3-29-14-17-12-23-15(2)24-21(17)16-8-10-25(11-9-16)20(27)13-26-18-6-4-5-7-19(18)30-22(26)28/h4-7,12,16H,3,8-11,13-14H2,1-2H3. The summed E-state index contributed by atoms with van der Waals surface area (Å²) in [6, 6.07) is 7.15. The predicted octanol–water partition coefficient (Wildman–Crippen LogP) is 2.64. The lowest BCUT2D eigenvalue weighted by molar-refractivity contribution is -0.132. The lowest BCUT2D eigenvalue weighted by atomic mass is 9.91. The Morgan fingerprint density at radius 1 is 1.27 bits per heavy atom. The Morgan fingerprint density at radius 2 is 2.03 bits per heavy atom. The number of aromatic nitrogens is 3. The zero-order chi connectivity index (χ0) is 21.1. The Hall–Kier alpha value is -3.00. The molecular weight excluding hydrogens is 384 g/mol. The fraction of sp³-hybridized carbons (Fsp3) is 0.455. The van der Waals surface area contributed by atoms with Gasteiger partial charge in [-0.05, 0) is 38.8 Å². The number of rotatable bonds is 6. The SMILES string of the molecule is CCOCc1cnc(C)nc1C1CCN(C(=O)Cn2c(=O)oc3ccccc32)CC1.